The number of sulfonamides is 1. The van der Waals surface area contributed by atoms with Crippen molar-refractivity contribution in [3.8, 4) is 0 Å². The van der Waals surface area contributed by atoms with Crippen molar-refractivity contribution in [2.24, 2.45) is 0 Å². The molecule has 0 spiro atoms. The third-order valence-corrected chi connectivity index (χ3v) is 8.40. The number of carbonyl (C=O) groups is 1. The highest BCUT2D eigenvalue weighted by molar-refractivity contribution is 7.91. The molecule has 8 heteroatoms. The van der Waals surface area contributed by atoms with E-state index in [2.05, 4.69) is 0 Å². The average Bonchev–Trinajstić information content (AvgIpc) is 3.24. The SMILES string of the molecule is CCC(c1cccc(Cl)c1)N(Cc1ccc(C(=O)O)cc1C)S(=O)(=O)c1cccs1. The zero-order valence-corrected chi connectivity index (χ0v) is 19.0. The van der Waals surface area contributed by atoms with E-state index in [-0.39, 0.29) is 16.3 Å². The van der Waals surface area contributed by atoms with Crippen LogP contribution in [0.4, 0.5) is 0 Å². The summed E-state index contributed by atoms with van der Waals surface area (Å²) in [5.74, 6) is -1.02. The quantitative estimate of drug-likeness (QED) is 0.461. The van der Waals surface area contributed by atoms with Gasteiger partial charge in [0, 0.05) is 11.6 Å². The van der Waals surface area contributed by atoms with E-state index in [0.29, 0.717) is 11.4 Å². The number of aromatic carboxylic acids is 1. The molecule has 0 fully saturated rings. The highest BCUT2D eigenvalue weighted by Crippen LogP contribution is 2.35. The van der Waals surface area contributed by atoms with E-state index in [1.165, 1.54) is 21.7 Å². The smallest absolute Gasteiger partial charge is 0.335 e. The van der Waals surface area contributed by atoms with Crippen molar-refractivity contribution in [1.29, 1.82) is 0 Å². The molecule has 0 radical (unpaired) electrons. The summed E-state index contributed by atoms with van der Waals surface area (Å²) in [7, 11) is -3.78. The molecule has 5 nitrogen and oxygen atoms in total. The van der Waals surface area contributed by atoms with Crippen molar-refractivity contribution in [3.05, 3.63) is 87.3 Å². The van der Waals surface area contributed by atoms with E-state index in [1.807, 2.05) is 19.1 Å². The number of thiophene rings is 1. The summed E-state index contributed by atoms with van der Waals surface area (Å²) in [6, 6.07) is 14.9. The molecular weight excluding hydrogens is 442 g/mol. The summed E-state index contributed by atoms with van der Waals surface area (Å²) in [4.78, 5) is 11.3. The second-order valence-corrected chi connectivity index (χ2v) is 10.4. The van der Waals surface area contributed by atoms with Crippen LogP contribution in [0.1, 0.15) is 46.4 Å². The highest BCUT2D eigenvalue weighted by atomic mass is 35.5. The Morgan fingerprint density at radius 1 is 1.17 bits per heavy atom. The van der Waals surface area contributed by atoms with Gasteiger partial charge < -0.3 is 5.11 Å². The Morgan fingerprint density at radius 3 is 2.50 bits per heavy atom. The van der Waals surface area contributed by atoms with Crippen LogP contribution in [0.25, 0.3) is 0 Å². The van der Waals surface area contributed by atoms with Crippen molar-refractivity contribution < 1.29 is 18.3 Å². The molecule has 1 N–H and O–H groups in total. The number of carboxylic acid groups (broad SMARTS) is 1. The van der Waals surface area contributed by atoms with Crippen molar-refractivity contribution >= 4 is 38.9 Å². The van der Waals surface area contributed by atoms with Crippen LogP contribution in [0.5, 0.6) is 0 Å². The van der Waals surface area contributed by atoms with Crippen LogP contribution in [0, 0.1) is 6.92 Å². The highest BCUT2D eigenvalue weighted by Gasteiger charge is 2.33. The Kier molecular flexibility index (Phi) is 6.98. The molecule has 1 unspecified atom stereocenters. The van der Waals surface area contributed by atoms with Crippen LogP contribution in [-0.2, 0) is 16.6 Å². The lowest BCUT2D eigenvalue weighted by atomic mass is 10.0. The zero-order chi connectivity index (χ0) is 21.9. The summed E-state index contributed by atoms with van der Waals surface area (Å²) < 4.78 is 28.9. The van der Waals surface area contributed by atoms with Gasteiger partial charge in [-0.2, -0.15) is 4.31 Å². The minimum absolute atomic E-state index is 0.122. The predicted octanol–water partition coefficient (Wildman–Crippen LogP) is 5.75. The molecule has 3 aromatic rings. The van der Waals surface area contributed by atoms with E-state index in [0.717, 1.165) is 16.7 Å². The van der Waals surface area contributed by atoms with E-state index in [1.54, 1.807) is 48.7 Å². The Bertz CT molecular complexity index is 1140. The number of aryl methyl sites for hydroxylation is 1. The first kappa shape index (κ1) is 22.5. The standard InChI is InChI=1S/C22H22ClNO4S2/c1-3-20(16-6-4-7-19(23)13-16)24(30(27,28)21-8-5-11-29-21)14-18-10-9-17(22(25)26)12-15(18)2/h4-13,20H,3,14H2,1-2H3,(H,25,26). The summed E-state index contributed by atoms with van der Waals surface area (Å²) in [5, 5.41) is 11.5. The second-order valence-electron chi connectivity index (χ2n) is 6.91. The Balaban J connectivity index is 2.09. The van der Waals surface area contributed by atoms with Crippen LogP contribution >= 0.6 is 22.9 Å². The molecule has 1 aromatic heterocycles. The molecule has 2 aromatic carbocycles. The normalized spacial score (nSPS) is 12.8. The number of benzene rings is 2. The van der Waals surface area contributed by atoms with E-state index < -0.39 is 22.0 Å². The molecule has 30 heavy (non-hydrogen) atoms. The lowest BCUT2D eigenvalue weighted by Crippen LogP contribution is -2.34. The molecule has 1 heterocycles. The van der Waals surface area contributed by atoms with E-state index in [9.17, 15) is 18.3 Å². The van der Waals surface area contributed by atoms with Crippen LogP contribution in [-0.4, -0.2) is 23.8 Å². The van der Waals surface area contributed by atoms with Gasteiger partial charge in [0.25, 0.3) is 10.0 Å². The molecule has 0 bridgehead atoms. The lowest BCUT2D eigenvalue weighted by molar-refractivity contribution is 0.0696. The van der Waals surface area contributed by atoms with Gasteiger partial charge in [0.05, 0.1) is 11.6 Å². The van der Waals surface area contributed by atoms with Crippen molar-refractivity contribution in [2.45, 2.75) is 37.1 Å². The largest absolute Gasteiger partial charge is 0.478 e. The Hall–Kier alpha value is -2.19. The summed E-state index contributed by atoms with van der Waals surface area (Å²) in [5.41, 5.74) is 2.46. The van der Waals surface area contributed by atoms with Crippen LogP contribution < -0.4 is 0 Å². The van der Waals surface area contributed by atoms with E-state index in [4.69, 9.17) is 11.6 Å². The number of nitrogens with zero attached hydrogens (tertiary/aromatic N) is 1. The molecule has 3 rings (SSSR count). The third kappa shape index (κ3) is 4.75. The summed E-state index contributed by atoms with van der Waals surface area (Å²) in [6.07, 6.45) is 0.553. The fourth-order valence-electron chi connectivity index (χ4n) is 3.38. The minimum atomic E-state index is -3.78. The van der Waals surface area contributed by atoms with Crippen molar-refractivity contribution in [3.63, 3.8) is 0 Å². The molecule has 158 valence electrons. The lowest BCUT2D eigenvalue weighted by Gasteiger charge is -2.31. The zero-order valence-electron chi connectivity index (χ0n) is 16.6. The molecule has 0 aliphatic heterocycles. The number of hydrogen-bond donors (Lipinski definition) is 1. The van der Waals surface area contributed by atoms with Crippen molar-refractivity contribution in [2.75, 3.05) is 0 Å². The average molecular weight is 464 g/mol. The first-order chi connectivity index (χ1) is 14.2. The van der Waals surface area contributed by atoms with E-state index >= 15 is 0 Å². The maximum atomic E-state index is 13.6. The molecule has 0 aliphatic rings. The Labute approximate surface area is 185 Å². The van der Waals surface area contributed by atoms with Crippen molar-refractivity contribution in [1.82, 2.24) is 4.31 Å². The number of carboxylic acids is 1. The topological polar surface area (TPSA) is 74.7 Å². The van der Waals surface area contributed by atoms with Gasteiger partial charge in [-0.25, -0.2) is 13.2 Å². The third-order valence-electron chi connectivity index (χ3n) is 4.94. The van der Waals surface area contributed by atoms with Gasteiger partial charge in [-0.3, -0.25) is 0 Å². The van der Waals surface area contributed by atoms with Gasteiger partial charge >= 0.3 is 5.97 Å². The fraction of sp³-hybridized carbons (Fsp3) is 0.227. The maximum Gasteiger partial charge on any atom is 0.335 e. The number of halogens is 1. The molecule has 1 atom stereocenters. The van der Waals surface area contributed by atoms with Gasteiger partial charge in [-0.1, -0.05) is 42.8 Å². The van der Waals surface area contributed by atoms with Crippen LogP contribution in [0.2, 0.25) is 5.02 Å². The maximum absolute atomic E-state index is 13.6. The van der Waals surface area contributed by atoms with Gasteiger partial charge in [0.2, 0.25) is 0 Å². The van der Waals surface area contributed by atoms with Gasteiger partial charge in [-0.15, -0.1) is 11.3 Å². The number of rotatable bonds is 8. The molecule has 0 saturated carbocycles. The Morgan fingerprint density at radius 2 is 1.93 bits per heavy atom. The van der Waals surface area contributed by atoms with Gasteiger partial charge in [-0.05, 0) is 65.7 Å². The molecule has 0 saturated heterocycles. The first-order valence-electron chi connectivity index (χ1n) is 9.37. The predicted molar refractivity (Wildman–Crippen MR) is 120 cm³/mol. The van der Waals surface area contributed by atoms with Gasteiger partial charge in [0.1, 0.15) is 4.21 Å². The molecule has 0 aliphatic carbocycles. The van der Waals surface area contributed by atoms with Crippen LogP contribution in [0.15, 0.2) is 64.2 Å². The molecular formula is C22H22ClNO4S2. The minimum Gasteiger partial charge on any atom is -0.478 e. The second kappa shape index (κ2) is 9.31. The summed E-state index contributed by atoms with van der Waals surface area (Å²) in [6.45, 7) is 3.85. The molecule has 0 amide bonds. The van der Waals surface area contributed by atoms with Crippen LogP contribution in [0.3, 0.4) is 0 Å². The first-order valence-corrected chi connectivity index (χ1v) is 12.1. The monoisotopic (exact) mass is 463 g/mol. The van der Waals surface area contributed by atoms with Gasteiger partial charge in [0.15, 0.2) is 0 Å². The summed E-state index contributed by atoms with van der Waals surface area (Å²) >= 11 is 7.35. The fourth-order valence-corrected chi connectivity index (χ4v) is 6.37. The number of hydrogen-bond acceptors (Lipinski definition) is 4.